The third kappa shape index (κ3) is 4.15. The molecule has 7 rings (SSSR count). The van der Waals surface area contributed by atoms with Gasteiger partial charge in [-0.3, -0.25) is 4.98 Å². The van der Waals surface area contributed by atoms with Crippen molar-refractivity contribution in [3.05, 3.63) is 139 Å². The van der Waals surface area contributed by atoms with E-state index in [1.807, 2.05) is 12.4 Å². The Balaban J connectivity index is 1.47. The van der Waals surface area contributed by atoms with Crippen LogP contribution >= 0.6 is 0 Å². The molecule has 0 fully saturated rings. The Morgan fingerprint density at radius 2 is 0.925 bits per heavy atom. The number of nitrogens with zero attached hydrogens (tertiary/aromatic N) is 1. The maximum absolute atomic E-state index is 4.17. The van der Waals surface area contributed by atoms with Crippen LogP contribution in [-0.4, -0.2) is 4.98 Å². The molecule has 7 aromatic rings. The van der Waals surface area contributed by atoms with Crippen LogP contribution in [0.25, 0.3) is 65.7 Å². The van der Waals surface area contributed by atoms with Crippen molar-refractivity contribution >= 4 is 32.3 Å². The summed E-state index contributed by atoms with van der Waals surface area (Å²) in [5, 5.41) is 7.62. The molecule has 1 heterocycles. The van der Waals surface area contributed by atoms with Gasteiger partial charge in [-0.2, -0.15) is 0 Å². The lowest BCUT2D eigenvalue weighted by Gasteiger charge is -2.22. The summed E-state index contributed by atoms with van der Waals surface area (Å²) in [5.41, 5.74) is 8.95. The summed E-state index contributed by atoms with van der Waals surface area (Å²) in [7, 11) is 0. The SMILES string of the molecule is CC(C)(C)c1cccc(-c2c3ccccc3c(-c3ccc4cc(-c5ccncc5)ccc4c3)c3ccccc23)c1. The van der Waals surface area contributed by atoms with E-state index in [1.165, 1.54) is 71.3 Å². The largest absolute Gasteiger partial charge is 0.265 e. The summed E-state index contributed by atoms with van der Waals surface area (Å²) in [5.74, 6) is 0. The first-order chi connectivity index (χ1) is 19.5. The lowest BCUT2D eigenvalue weighted by Crippen LogP contribution is -2.10. The lowest BCUT2D eigenvalue weighted by molar-refractivity contribution is 0.590. The fourth-order valence-electron chi connectivity index (χ4n) is 6.02. The normalized spacial score (nSPS) is 11.9. The third-order valence-electron chi connectivity index (χ3n) is 8.09. The molecule has 0 aliphatic carbocycles. The molecule has 1 heteroatoms. The maximum Gasteiger partial charge on any atom is 0.0273 e. The minimum atomic E-state index is 0.0872. The van der Waals surface area contributed by atoms with Crippen molar-refractivity contribution in [2.45, 2.75) is 26.2 Å². The fourth-order valence-corrected chi connectivity index (χ4v) is 6.02. The number of pyridine rings is 1. The molecule has 40 heavy (non-hydrogen) atoms. The fraction of sp³-hybridized carbons (Fsp3) is 0.103. The van der Waals surface area contributed by atoms with Crippen molar-refractivity contribution in [1.29, 1.82) is 0 Å². The summed E-state index contributed by atoms with van der Waals surface area (Å²) in [6.45, 7) is 6.85. The Labute approximate surface area is 235 Å². The average Bonchev–Trinajstić information content (AvgIpc) is 2.99. The first-order valence-corrected chi connectivity index (χ1v) is 14.0. The minimum Gasteiger partial charge on any atom is -0.265 e. The monoisotopic (exact) mass is 513 g/mol. The highest BCUT2D eigenvalue weighted by Crippen LogP contribution is 2.44. The van der Waals surface area contributed by atoms with Crippen molar-refractivity contribution in [2.75, 3.05) is 0 Å². The Hall–Kier alpha value is -4.75. The predicted molar refractivity (Wildman–Crippen MR) is 172 cm³/mol. The average molecular weight is 514 g/mol. The number of hydrogen-bond acceptors (Lipinski definition) is 1. The summed E-state index contributed by atoms with van der Waals surface area (Å²) in [4.78, 5) is 4.17. The number of hydrogen-bond donors (Lipinski definition) is 0. The highest BCUT2D eigenvalue weighted by Gasteiger charge is 2.19. The second-order valence-electron chi connectivity index (χ2n) is 11.7. The molecule has 0 N–H and O–H groups in total. The van der Waals surface area contributed by atoms with Gasteiger partial charge in [-0.25, -0.2) is 0 Å². The van der Waals surface area contributed by atoms with Gasteiger partial charge >= 0.3 is 0 Å². The van der Waals surface area contributed by atoms with Gasteiger partial charge in [0, 0.05) is 12.4 Å². The van der Waals surface area contributed by atoms with Gasteiger partial charge in [-0.05, 0) is 101 Å². The van der Waals surface area contributed by atoms with Crippen molar-refractivity contribution in [1.82, 2.24) is 4.98 Å². The molecule has 1 nitrogen and oxygen atoms in total. The highest BCUT2D eigenvalue weighted by atomic mass is 14.6. The van der Waals surface area contributed by atoms with Gasteiger partial charge in [0.15, 0.2) is 0 Å². The molecular weight excluding hydrogens is 482 g/mol. The Kier molecular flexibility index (Phi) is 5.75. The summed E-state index contributed by atoms with van der Waals surface area (Å²) >= 11 is 0. The topological polar surface area (TPSA) is 12.9 Å². The maximum atomic E-state index is 4.17. The van der Waals surface area contributed by atoms with Crippen molar-refractivity contribution in [3.8, 4) is 33.4 Å². The van der Waals surface area contributed by atoms with E-state index in [0.29, 0.717) is 0 Å². The van der Waals surface area contributed by atoms with Crippen molar-refractivity contribution in [2.24, 2.45) is 0 Å². The Bertz CT molecular complexity index is 1970. The molecule has 6 aromatic carbocycles. The number of benzene rings is 6. The molecule has 0 radical (unpaired) electrons. The van der Waals surface area contributed by atoms with Crippen LogP contribution in [0.3, 0.4) is 0 Å². The lowest BCUT2D eigenvalue weighted by atomic mass is 9.82. The summed E-state index contributed by atoms with van der Waals surface area (Å²) < 4.78 is 0. The quantitative estimate of drug-likeness (QED) is 0.214. The molecule has 1 aromatic heterocycles. The van der Waals surface area contributed by atoms with E-state index in [0.717, 1.165) is 0 Å². The van der Waals surface area contributed by atoms with E-state index in [-0.39, 0.29) is 5.41 Å². The van der Waals surface area contributed by atoms with Gasteiger partial charge in [-0.1, -0.05) is 118 Å². The van der Waals surface area contributed by atoms with E-state index in [2.05, 4.69) is 147 Å². The van der Waals surface area contributed by atoms with E-state index in [9.17, 15) is 0 Å². The van der Waals surface area contributed by atoms with Gasteiger partial charge in [0.2, 0.25) is 0 Å². The minimum absolute atomic E-state index is 0.0872. The molecule has 0 saturated heterocycles. The second kappa shape index (κ2) is 9.47. The Morgan fingerprint density at radius 1 is 0.425 bits per heavy atom. The molecule has 192 valence electrons. The van der Waals surface area contributed by atoms with E-state index >= 15 is 0 Å². The molecule has 0 unspecified atom stereocenters. The molecular formula is C39H31N. The van der Waals surface area contributed by atoms with Crippen LogP contribution in [0.5, 0.6) is 0 Å². The van der Waals surface area contributed by atoms with Gasteiger partial charge in [0.25, 0.3) is 0 Å². The highest BCUT2D eigenvalue weighted by molar-refractivity contribution is 6.21. The van der Waals surface area contributed by atoms with Crippen LogP contribution in [0.15, 0.2) is 134 Å². The van der Waals surface area contributed by atoms with E-state index in [4.69, 9.17) is 0 Å². The zero-order valence-electron chi connectivity index (χ0n) is 23.1. The van der Waals surface area contributed by atoms with Crippen molar-refractivity contribution < 1.29 is 0 Å². The van der Waals surface area contributed by atoms with E-state index < -0.39 is 0 Å². The molecule has 0 amide bonds. The first kappa shape index (κ1) is 24.3. The summed E-state index contributed by atoms with van der Waals surface area (Å²) in [6.07, 6.45) is 3.70. The summed E-state index contributed by atoms with van der Waals surface area (Å²) in [6, 6.07) is 44.6. The van der Waals surface area contributed by atoms with Crippen LogP contribution in [-0.2, 0) is 5.41 Å². The van der Waals surface area contributed by atoms with Crippen LogP contribution in [0.4, 0.5) is 0 Å². The number of rotatable bonds is 3. The van der Waals surface area contributed by atoms with Gasteiger partial charge in [0.05, 0.1) is 0 Å². The molecule has 0 spiro atoms. The first-order valence-electron chi connectivity index (χ1n) is 14.0. The standard InChI is InChI=1S/C39H31N/c1-39(2,3)32-10-8-9-30(25-32)37-33-11-4-6-13-35(33)38(36-14-7-5-12-34(36)37)31-18-17-28-23-27(15-16-29(28)24-31)26-19-21-40-22-20-26/h4-25H,1-3H3. The smallest absolute Gasteiger partial charge is 0.0273 e. The van der Waals surface area contributed by atoms with Crippen LogP contribution in [0.2, 0.25) is 0 Å². The van der Waals surface area contributed by atoms with E-state index in [1.54, 1.807) is 0 Å². The van der Waals surface area contributed by atoms with Crippen LogP contribution in [0, 0.1) is 0 Å². The number of fused-ring (bicyclic) bond motifs is 3. The van der Waals surface area contributed by atoms with Gasteiger partial charge < -0.3 is 0 Å². The van der Waals surface area contributed by atoms with Crippen LogP contribution < -0.4 is 0 Å². The third-order valence-corrected chi connectivity index (χ3v) is 8.09. The van der Waals surface area contributed by atoms with Gasteiger partial charge in [-0.15, -0.1) is 0 Å². The second-order valence-corrected chi connectivity index (χ2v) is 11.7. The zero-order valence-corrected chi connectivity index (χ0v) is 23.1. The Morgan fingerprint density at radius 3 is 1.48 bits per heavy atom. The number of aromatic nitrogens is 1. The molecule has 0 aliphatic rings. The molecule has 0 atom stereocenters. The predicted octanol–water partition coefficient (Wildman–Crippen LogP) is 10.8. The van der Waals surface area contributed by atoms with Crippen LogP contribution in [0.1, 0.15) is 26.3 Å². The molecule has 0 bridgehead atoms. The zero-order chi connectivity index (χ0) is 27.3. The van der Waals surface area contributed by atoms with Crippen molar-refractivity contribution in [3.63, 3.8) is 0 Å². The van der Waals surface area contributed by atoms with Gasteiger partial charge in [0.1, 0.15) is 0 Å². The molecule has 0 aliphatic heterocycles. The molecule has 0 saturated carbocycles.